The third kappa shape index (κ3) is 3.34. The van der Waals surface area contributed by atoms with Crippen LogP contribution in [0.5, 0.6) is 0 Å². The minimum Gasteiger partial charge on any atom is -0.465 e. The number of benzene rings is 1. The summed E-state index contributed by atoms with van der Waals surface area (Å²) >= 11 is 0. The van der Waals surface area contributed by atoms with Crippen molar-refractivity contribution >= 4 is 17.3 Å². The topological polar surface area (TPSA) is 82.2 Å². The number of anilines is 2. The molecule has 0 aliphatic heterocycles. The monoisotopic (exact) mass is 288 g/mol. The van der Waals surface area contributed by atoms with Crippen molar-refractivity contribution in [1.82, 2.24) is 9.78 Å². The molecule has 0 aliphatic rings. The summed E-state index contributed by atoms with van der Waals surface area (Å²) in [5.41, 5.74) is 9.52. The number of aryl methyl sites for hydroxylation is 2. The van der Waals surface area contributed by atoms with Crippen LogP contribution in [0.25, 0.3) is 0 Å². The summed E-state index contributed by atoms with van der Waals surface area (Å²) in [5.74, 6) is -0.410. The van der Waals surface area contributed by atoms with Crippen LogP contribution in [0, 0.1) is 0 Å². The minimum absolute atomic E-state index is 0.410. The van der Waals surface area contributed by atoms with E-state index in [4.69, 9.17) is 10.5 Å². The number of carbonyl (C=O) groups excluding carboxylic acids is 1. The van der Waals surface area contributed by atoms with Crippen LogP contribution in [-0.4, -0.2) is 22.9 Å². The number of hydrogen-bond donors (Lipinski definition) is 2. The van der Waals surface area contributed by atoms with Gasteiger partial charge in [0.25, 0.3) is 0 Å². The second kappa shape index (κ2) is 6.30. The predicted octanol–water partition coefficient (Wildman–Crippen LogP) is 1.96. The Morgan fingerprint density at radius 2 is 2.24 bits per heavy atom. The zero-order chi connectivity index (χ0) is 15.4. The fourth-order valence-corrected chi connectivity index (χ4v) is 2.21. The minimum atomic E-state index is -0.410. The molecule has 1 heterocycles. The van der Waals surface area contributed by atoms with Gasteiger partial charge in [0, 0.05) is 36.7 Å². The van der Waals surface area contributed by atoms with E-state index < -0.39 is 5.97 Å². The smallest absolute Gasteiger partial charge is 0.340 e. The van der Waals surface area contributed by atoms with Gasteiger partial charge in [-0.25, -0.2) is 4.79 Å². The fourth-order valence-electron chi connectivity index (χ4n) is 2.21. The van der Waals surface area contributed by atoms with Crippen molar-refractivity contribution in [3.05, 3.63) is 41.2 Å². The Kier molecular flexibility index (Phi) is 4.47. The number of nitrogen functional groups attached to an aromatic ring is 1. The van der Waals surface area contributed by atoms with Crippen LogP contribution < -0.4 is 11.1 Å². The highest BCUT2D eigenvalue weighted by Gasteiger charge is 2.13. The quantitative estimate of drug-likeness (QED) is 0.649. The van der Waals surface area contributed by atoms with Crippen LogP contribution in [0.2, 0.25) is 0 Å². The van der Waals surface area contributed by atoms with Gasteiger partial charge in [-0.05, 0) is 24.6 Å². The van der Waals surface area contributed by atoms with Gasteiger partial charge in [-0.15, -0.1) is 0 Å². The molecule has 6 heteroatoms. The Labute approximate surface area is 123 Å². The summed E-state index contributed by atoms with van der Waals surface area (Å²) in [6.07, 6.45) is 2.84. The summed E-state index contributed by atoms with van der Waals surface area (Å²) in [7, 11) is 3.25. The number of nitrogens with two attached hydrogens (primary N) is 1. The van der Waals surface area contributed by atoms with Crippen molar-refractivity contribution in [1.29, 1.82) is 0 Å². The lowest BCUT2D eigenvalue weighted by Crippen LogP contribution is -2.09. The number of ether oxygens (including phenoxy) is 1. The molecule has 0 amide bonds. The Morgan fingerprint density at radius 1 is 1.48 bits per heavy atom. The van der Waals surface area contributed by atoms with Crippen molar-refractivity contribution in [3.63, 3.8) is 0 Å². The Bertz CT molecular complexity index is 649. The average molecular weight is 288 g/mol. The van der Waals surface area contributed by atoms with Gasteiger partial charge in [0.15, 0.2) is 0 Å². The number of carbonyl (C=O) groups is 1. The van der Waals surface area contributed by atoms with Crippen LogP contribution in [0.4, 0.5) is 11.4 Å². The zero-order valence-electron chi connectivity index (χ0n) is 12.5. The van der Waals surface area contributed by atoms with Crippen LogP contribution in [0.1, 0.15) is 28.5 Å². The van der Waals surface area contributed by atoms with Crippen LogP contribution in [0.15, 0.2) is 24.4 Å². The molecule has 0 unspecified atom stereocenters. The second-order valence-corrected chi connectivity index (χ2v) is 4.78. The zero-order valence-corrected chi connectivity index (χ0v) is 12.5. The van der Waals surface area contributed by atoms with Crippen LogP contribution in [-0.2, 0) is 24.8 Å². The van der Waals surface area contributed by atoms with E-state index in [0.717, 1.165) is 17.7 Å². The molecule has 0 atom stereocenters. The van der Waals surface area contributed by atoms with Crippen molar-refractivity contribution in [2.45, 2.75) is 19.9 Å². The van der Waals surface area contributed by atoms with E-state index in [2.05, 4.69) is 17.3 Å². The molecule has 0 radical (unpaired) electrons. The molecular weight excluding hydrogens is 268 g/mol. The average Bonchev–Trinajstić information content (AvgIpc) is 2.85. The standard InChI is InChI=1S/C15H20N4O2/c1-4-13-10(9-19(2)18-13)8-17-14-6-5-11(16)7-12(14)15(20)21-3/h5-7,9,17H,4,8,16H2,1-3H3. The normalized spacial score (nSPS) is 10.4. The first-order valence-electron chi connectivity index (χ1n) is 6.78. The largest absolute Gasteiger partial charge is 0.465 e. The molecule has 1 aromatic carbocycles. The van der Waals surface area contributed by atoms with Gasteiger partial charge < -0.3 is 15.8 Å². The lowest BCUT2D eigenvalue weighted by molar-refractivity contribution is 0.0602. The van der Waals surface area contributed by atoms with E-state index in [1.807, 2.05) is 13.2 Å². The molecule has 0 spiro atoms. The van der Waals surface area contributed by atoms with E-state index in [0.29, 0.717) is 23.5 Å². The number of esters is 1. The maximum Gasteiger partial charge on any atom is 0.340 e. The number of nitrogens with zero attached hydrogens (tertiary/aromatic N) is 2. The number of methoxy groups -OCH3 is 1. The van der Waals surface area contributed by atoms with Gasteiger partial charge in [0.1, 0.15) is 0 Å². The van der Waals surface area contributed by atoms with Crippen LogP contribution in [0.3, 0.4) is 0 Å². The van der Waals surface area contributed by atoms with Crippen molar-refractivity contribution < 1.29 is 9.53 Å². The number of nitrogens with one attached hydrogen (secondary N) is 1. The molecule has 0 saturated heterocycles. The Hall–Kier alpha value is -2.50. The summed E-state index contributed by atoms with van der Waals surface area (Å²) < 4.78 is 6.57. The molecule has 112 valence electrons. The van der Waals surface area contributed by atoms with Gasteiger partial charge in [0.05, 0.1) is 18.4 Å². The second-order valence-electron chi connectivity index (χ2n) is 4.78. The van der Waals surface area contributed by atoms with E-state index >= 15 is 0 Å². The van der Waals surface area contributed by atoms with Gasteiger partial charge in [-0.1, -0.05) is 6.92 Å². The first kappa shape index (κ1) is 14.9. The maximum absolute atomic E-state index is 11.8. The summed E-state index contributed by atoms with van der Waals surface area (Å²) in [5, 5.41) is 7.64. The molecule has 0 bridgehead atoms. The van der Waals surface area contributed by atoms with E-state index in [-0.39, 0.29) is 0 Å². The molecule has 0 aliphatic carbocycles. The summed E-state index contributed by atoms with van der Waals surface area (Å²) in [6.45, 7) is 2.65. The van der Waals surface area contributed by atoms with Gasteiger partial charge >= 0.3 is 5.97 Å². The molecule has 1 aromatic heterocycles. The number of hydrogen-bond acceptors (Lipinski definition) is 5. The Balaban J connectivity index is 2.21. The molecule has 21 heavy (non-hydrogen) atoms. The highest BCUT2D eigenvalue weighted by Crippen LogP contribution is 2.21. The molecule has 2 rings (SSSR count). The van der Waals surface area contributed by atoms with Crippen molar-refractivity contribution in [2.24, 2.45) is 7.05 Å². The number of aromatic nitrogens is 2. The van der Waals surface area contributed by atoms with Gasteiger partial charge in [-0.3, -0.25) is 4.68 Å². The molecule has 0 saturated carbocycles. The third-order valence-corrected chi connectivity index (χ3v) is 3.24. The van der Waals surface area contributed by atoms with Gasteiger partial charge in [0.2, 0.25) is 0 Å². The van der Waals surface area contributed by atoms with Crippen molar-refractivity contribution in [2.75, 3.05) is 18.2 Å². The van der Waals surface area contributed by atoms with Gasteiger partial charge in [-0.2, -0.15) is 5.10 Å². The summed E-state index contributed by atoms with van der Waals surface area (Å²) in [4.78, 5) is 11.8. The van der Waals surface area contributed by atoms with E-state index in [9.17, 15) is 4.79 Å². The van der Waals surface area contributed by atoms with E-state index in [1.54, 1.807) is 22.9 Å². The molecular formula is C15H20N4O2. The molecule has 2 aromatic rings. The maximum atomic E-state index is 11.8. The number of rotatable bonds is 5. The fraction of sp³-hybridized carbons (Fsp3) is 0.333. The van der Waals surface area contributed by atoms with Crippen molar-refractivity contribution in [3.8, 4) is 0 Å². The molecule has 3 N–H and O–H groups in total. The first-order valence-corrected chi connectivity index (χ1v) is 6.78. The highest BCUT2D eigenvalue weighted by atomic mass is 16.5. The summed E-state index contributed by atoms with van der Waals surface area (Å²) in [6, 6.07) is 5.14. The van der Waals surface area contributed by atoms with Crippen LogP contribution >= 0.6 is 0 Å². The lowest BCUT2D eigenvalue weighted by Gasteiger charge is -2.11. The molecule has 0 fully saturated rings. The third-order valence-electron chi connectivity index (χ3n) is 3.24. The highest BCUT2D eigenvalue weighted by molar-refractivity contribution is 5.96. The predicted molar refractivity (Wildman–Crippen MR) is 82.1 cm³/mol. The SMILES string of the molecule is CCc1nn(C)cc1CNc1ccc(N)cc1C(=O)OC. The first-order chi connectivity index (χ1) is 10.0. The Morgan fingerprint density at radius 3 is 2.90 bits per heavy atom. The van der Waals surface area contributed by atoms with E-state index in [1.165, 1.54) is 7.11 Å². The lowest BCUT2D eigenvalue weighted by atomic mass is 10.1. The molecule has 6 nitrogen and oxygen atoms in total.